The molecule has 0 radical (unpaired) electrons. The van der Waals surface area contributed by atoms with Gasteiger partial charge in [-0.05, 0) is 37.0 Å². The van der Waals surface area contributed by atoms with Gasteiger partial charge in [0, 0.05) is 0 Å². The first-order valence-electron chi connectivity index (χ1n) is 5.94. The minimum absolute atomic E-state index is 0. The highest BCUT2D eigenvalue weighted by molar-refractivity contribution is 5.93. The number of ketones is 1. The van der Waals surface area contributed by atoms with Crippen LogP contribution in [-0.2, 0) is 16.5 Å². The van der Waals surface area contributed by atoms with Gasteiger partial charge in [-0.1, -0.05) is 12.1 Å². The molecule has 20 heavy (non-hydrogen) atoms. The Hall–Kier alpha value is -1.11. The number of hydrogen-bond acceptors (Lipinski definition) is 3. The molecule has 3 nitrogen and oxygen atoms in total. The van der Waals surface area contributed by atoms with Gasteiger partial charge in [0.25, 0.3) is 0 Å². The van der Waals surface area contributed by atoms with E-state index in [9.17, 15) is 23.1 Å². The summed E-state index contributed by atoms with van der Waals surface area (Å²) in [6.45, 7) is 0. The average molecular weight is 310 g/mol. The maximum Gasteiger partial charge on any atom is 0.416 e. The number of hydrogen-bond donors (Lipinski definition) is 2. The fourth-order valence-electron chi connectivity index (χ4n) is 2.37. The van der Waals surface area contributed by atoms with Crippen molar-refractivity contribution in [2.45, 2.75) is 37.1 Å². The third-order valence-electron chi connectivity index (χ3n) is 3.52. The van der Waals surface area contributed by atoms with E-state index < -0.39 is 29.2 Å². The number of Topliss-reactive ketones (excluding diaryl/α,β-unsaturated/α-hetero) is 1. The molecule has 2 rings (SSSR count). The van der Waals surface area contributed by atoms with Crippen molar-refractivity contribution in [1.82, 2.24) is 0 Å². The van der Waals surface area contributed by atoms with Gasteiger partial charge in [-0.3, -0.25) is 4.79 Å². The summed E-state index contributed by atoms with van der Waals surface area (Å²) in [5, 5.41) is 9.55. The Bertz CT molecular complexity index is 489. The van der Waals surface area contributed by atoms with E-state index in [2.05, 4.69) is 0 Å². The van der Waals surface area contributed by atoms with Crippen molar-refractivity contribution in [3.05, 3.63) is 35.4 Å². The van der Waals surface area contributed by atoms with E-state index in [4.69, 9.17) is 5.73 Å². The standard InChI is InChI=1S/C13H14F3NO2.ClH/c14-13(15,16)9-5-3-8(4-6-9)12(17)7-1-2-10(18)11(12)19;/h3-6,10,18H,1-2,7,17H2;1H/t10-,12-;/m0./s1. The first kappa shape index (κ1) is 16.9. The molecular weight excluding hydrogens is 295 g/mol. The Labute approximate surface area is 120 Å². The number of carbonyl (C=O) groups excluding carboxylic acids is 1. The number of carbonyl (C=O) groups is 1. The summed E-state index contributed by atoms with van der Waals surface area (Å²) in [6, 6.07) is 4.22. The summed E-state index contributed by atoms with van der Waals surface area (Å²) in [7, 11) is 0. The number of aliphatic hydroxyl groups is 1. The van der Waals surface area contributed by atoms with E-state index in [0.717, 1.165) is 12.1 Å². The second-order valence-electron chi connectivity index (χ2n) is 4.82. The molecule has 112 valence electrons. The third-order valence-corrected chi connectivity index (χ3v) is 3.52. The SMILES string of the molecule is Cl.N[C@]1(c2ccc(C(F)(F)F)cc2)CCC[C@H](O)C1=O. The molecule has 1 aliphatic carbocycles. The topological polar surface area (TPSA) is 63.3 Å². The molecule has 0 spiro atoms. The number of alkyl halides is 3. The van der Waals surface area contributed by atoms with Crippen molar-refractivity contribution in [1.29, 1.82) is 0 Å². The largest absolute Gasteiger partial charge is 0.416 e. The second-order valence-corrected chi connectivity index (χ2v) is 4.82. The number of halogens is 4. The van der Waals surface area contributed by atoms with E-state index in [-0.39, 0.29) is 12.4 Å². The maximum absolute atomic E-state index is 12.5. The lowest BCUT2D eigenvalue weighted by Gasteiger charge is -2.34. The third kappa shape index (κ3) is 2.97. The van der Waals surface area contributed by atoms with Crippen molar-refractivity contribution in [2.24, 2.45) is 5.73 Å². The van der Waals surface area contributed by atoms with E-state index in [0.29, 0.717) is 24.8 Å². The molecule has 0 aliphatic heterocycles. The van der Waals surface area contributed by atoms with Gasteiger partial charge in [0.05, 0.1) is 5.56 Å². The van der Waals surface area contributed by atoms with Crippen molar-refractivity contribution in [2.75, 3.05) is 0 Å². The molecule has 0 bridgehead atoms. The van der Waals surface area contributed by atoms with Crippen LogP contribution in [0.25, 0.3) is 0 Å². The number of nitrogens with two attached hydrogens (primary N) is 1. The predicted octanol–water partition coefficient (Wildman–Crippen LogP) is 2.40. The monoisotopic (exact) mass is 309 g/mol. The van der Waals surface area contributed by atoms with Crippen LogP contribution in [0.3, 0.4) is 0 Å². The zero-order chi connectivity index (χ0) is 14.3. The summed E-state index contributed by atoms with van der Waals surface area (Å²) in [5.41, 5.74) is 4.12. The van der Waals surface area contributed by atoms with Gasteiger partial charge in [-0.25, -0.2) is 0 Å². The van der Waals surface area contributed by atoms with Crippen LogP contribution in [0.5, 0.6) is 0 Å². The molecule has 1 fully saturated rings. The average Bonchev–Trinajstić information content (AvgIpc) is 2.35. The smallest absolute Gasteiger partial charge is 0.385 e. The van der Waals surface area contributed by atoms with Gasteiger partial charge in [0.1, 0.15) is 11.6 Å². The first-order valence-corrected chi connectivity index (χ1v) is 5.94. The van der Waals surface area contributed by atoms with Gasteiger partial charge >= 0.3 is 6.18 Å². The van der Waals surface area contributed by atoms with E-state index in [1.807, 2.05) is 0 Å². The summed E-state index contributed by atoms with van der Waals surface area (Å²) in [5.74, 6) is -0.529. The maximum atomic E-state index is 12.5. The lowest BCUT2D eigenvalue weighted by atomic mass is 9.75. The number of rotatable bonds is 1. The summed E-state index contributed by atoms with van der Waals surface area (Å²) < 4.78 is 37.4. The molecule has 1 aromatic carbocycles. The molecule has 0 amide bonds. The molecule has 1 aliphatic rings. The zero-order valence-corrected chi connectivity index (χ0v) is 11.3. The molecule has 3 N–H and O–H groups in total. The molecule has 0 saturated heterocycles. The molecule has 2 atom stereocenters. The van der Waals surface area contributed by atoms with Crippen LogP contribution in [0.2, 0.25) is 0 Å². The van der Waals surface area contributed by atoms with Crippen LogP contribution in [0, 0.1) is 0 Å². The molecule has 7 heteroatoms. The van der Waals surface area contributed by atoms with Gasteiger partial charge in [-0.15, -0.1) is 12.4 Å². The van der Waals surface area contributed by atoms with Crippen molar-refractivity contribution in [3.63, 3.8) is 0 Å². The number of benzene rings is 1. The number of aliphatic hydroxyl groups excluding tert-OH is 1. The predicted molar refractivity (Wildman–Crippen MR) is 69.4 cm³/mol. The minimum atomic E-state index is -4.42. The van der Waals surface area contributed by atoms with Crippen LogP contribution < -0.4 is 5.73 Å². The van der Waals surface area contributed by atoms with E-state index in [1.165, 1.54) is 12.1 Å². The molecule has 0 heterocycles. The highest BCUT2D eigenvalue weighted by atomic mass is 35.5. The van der Waals surface area contributed by atoms with Crippen LogP contribution in [-0.4, -0.2) is 17.0 Å². The fourth-order valence-corrected chi connectivity index (χ4v) is 2.37. The van der Waals surface area contributed by atoms with Gasteiger partial charge in [0.15, 0.2) is 5.78 Å². The quantitative estimate of drug-likeness (QED) is 0.837. The Morgan fingerprint density at radius 3 is 2.30 bits per heavy atom. The van der Waals surface area contributed by atoms with Crippen LogP contribution >= 0.6 is 12.4 Å². The molecule has 0 aromatic heterocycles. The van der Waals surface area contributed by atoms with Gasteiger partial charge in [0.2, 0.25) is 0 Å². The minimum Gasteiger partial charge on any atom is -0.385 e. The van der Waals surface area contributed by atoms with E-state index in [1.54, 1.807) is 0 Å². The molecular formula is C13H15ClF3NO2. The Morgan fingerprint density at radius 2 is 1.80 bits per heavy atom. The van der Waals surface area contributed by atoms with Gasteiger partial charge in [-0.2, -0.15) is 13.2 Å². The summed E-state index contributed by atoms with van der Waals surface area (Å²) in [4.78, 5) is 11.9. The molecule has 1 saturated carbocycles. The van der Waals surface area contributed by atoms with Crippen molar-refractivity contribution < 1.29 is 23.1 Å². The highest BCUT2D eigenvalue weighted by Crippen LogP contribution is 2.35. The van der Waals surface area contributed by atoms with Crippen molar-refractivity contribution in [3.8, 4) is 0 Å². The highest BCUT2D eigenvalue weighted by Gasteiger charge is 2.42. The van der Waals surface area contributed by atoms with Crippen LogP contribution in [0.4, 0.5) is 13.2 Å². The second kappa shape index (κ2) is 5.71. The summed E-state index contributed by atoms with van der Waals surface area (Å²) in [6.07, 6.45) is -4.32. The Kier molecular flexibility index (Phi) is 4.84. The molecule has 0 unspecified atom stereocenters. The van der Waals surface area contributed by atoms with Crippen LogP contribution in [0.15, 0.2) is 24.3 Å². The molecule has 1 aromatic rings. The van der Waals surface area contributed by atoms with E-state index >= 15 is 0 Å². The summed E-state index contributed by atoms with van der Waals surface area (Å²) >= 11 is 0. The van der Waals surface area contributed by atoms with Crippen LogP contribution in [0.1, 0.15) is 30.4 Å². The van der Waals surface area contributed by atoms with Crippen molar-refractivity contribution >= 4 is 18.2 Å². The zero-order valence-electron chi connectivity index (χ0n) is 10.5. The lowest BCUT2D eigenvalue weighted by Crippen LogP contribution is -2.52. The first-order chi connectivity index (χ1) is 8.75. The van der Waals surface area contributed by atoms with Gasteiger partial charge < -0.3 is 10.8 Å². The Balaban J connectivity index is 0.00000200. The Morgan fingerprint density at radius 1 is 1.25 bits per heavy atom. The lowest BCUT2D eigenvalue weighted by molar-refractivity contribution is -0.137. The normalized spacial score (nSPS) is 27.1. The fraction of sp³-hybridized carbons (Fsp3) is 0.462.